The van der Waals surface area contributed by atoms with Crippen molar-refractivity contribution in [2.75, 3.05) is 16.8 Å². The first-order valence-electron chi connectivity index (χ1n) is 14.4. The fraction of sp³-hybridized carbons (Fsp3) is 0.452. The number of primary amides is 1. The average molecular weight is 604 g/mol. The van der Waals surface area contributed by atoms with E-state index >= 15 is 0 Å². The molecule has 11 nitrogen and oxygen atoms in total. The van der Waals surface area contributed by atoms with Gasteiger partial charge in [-0.2, -0.15) is 8.42 Å². The third kappa shape index (κ3) is 5.32. The number of nitrogens with zero attached hydrogens (tertiary/aromatic N) is 4. The fourth-order valence-corrected chi connectivity index (χ4v) is 7.65. The minimum Gasteiger partial charge on any atom is -0.366 e. The van der Waals surface area contributed by atoms with Crippen LogP contribution in [0.3, 0.4) is 0 Å². The van der Waals surface area contributed by atoms with Gasteiger partial charge in [-0.25, -0.2) is 14.7 Å². The molecule has 0 aromatic carbocycles. The second-order valence-electron chi connectivity index (χ2n) is 13.7. The minimum absolute atomic E-state index is 0.0284. The molecule has 3 unspecified atom stereocenters. The molecule has 43 heavy (non-hydrogen) atoms. The number of carbonyl (C=O) groups is 2. The highest BCUT2D eigenvalue weighted by Crippen LogP contribution is 2.65. The van der Waals surface area contributed by atoms with Crippen molar-refractivity contribution < 1.29 is 18.0 Å². The molecule has 3 aliphatic rings. The quantitative estimate of drug-likeness (QED) is 0.394. The Balaban J connectivity index is 1.49. The molecule has 1 saturated heterocycles. The second kappa shape index (κ2) is 9.73. The van der Waals surface area contributed by atoms with Gasteiger partial charge in [-0.3, -0.25) is 14.6 Å². The Kier molecular flexibility index (Phi) is 6.57. The summed E-state index contributed by atoms with van der Waals surface area (Å²) in [7, 11) is -4.33. The lowest BCUT2D eigenvalue weighted by Crippen LogP contribution is -2.41. The summed E-state index contributed by atoms with van der Waals surface area (Å²) < 4.78 is 29.1. The summed E-state index contributed by atoms with van der Waals surface area (Å²) >= 11 is 0. The van der Waals surface area contributed by atoms with Gasteiger partial charge in [0.25, 0.3) is 15.9 Å². The van der Waals surface area contributed by atoms with Crippen molar-refractivity contribution in [2.45, 2.75) is 75.9 Å². The zero-order chi connectivity index (χ0) is 30.9. The lowest BCUT2D eigenvalue weighted by molar-refractivity contribution is 0.0977. The zero-order valence-corrected chi connectivity index (χ0v) is 25.8. The first-order valence-corrected chi connectivity index (χ1v) is 15.9. The number of amides is 2. The lowest BCUT2D eigenvalue weighted by Gasteiger charge is -2.34. The Morgan fingerprint density at radius 3 is 2.60 bits per heavy atom. The molecule has 4 bridgehead atoms. The molecule has 0 radical (unpaired) electrons. The maximum Gasteiger partial charge on any atom is 0.281 e. The highest BCUT2D eigenvalue weighted by atomic mass is 32.2. The summed E-state index contributed by atoms with van der Waals surface area (Å²) in [6.07, 6.45) is 4.08. The minimum atomic E-state index is -4.33. The molecular formula is C31H37N7O4S. The van der Waals surface area contributed by atoms with Crippen LogP contribution in [0, 0.1) is 11.3 Å². The first kappa shape index (κ1) is 29.0. The number of nitrogens with one attached hydrogen (secondary N) is 2. The molecule has 4 N–H and O–H groups in total. The van der Waals surface area contributed by atoms with Crippen LogP contribution in [0.4, 0.5) is 11.6 Å². The van der Waals surface area contributed by atoms with Crippen LogP contribution in [0.1, 0.15) is 92.0 Å². The Labute approximate surface area is 251 Å². The molecule has 3 aromatic rings. The molecule has 226 valence electrons. The fourth-order valence-electron chi connectivity index (χ4n) is 6.71. The predicted molar refractivity (Wildman–Crippen MR) is 162 cm³/mol. The van der Waals surface area contributed by atoms with Crippen LogP contribution in [0.5, 0.6) is 0 Å². The molecule has 6 rings (SSSR count). The van der Waals surface area contributed by atoms with E-state index in [-0.39, 0.29) is 33.0 Å². The molecule has 12 heteroatoms. The van der Waals surface area contributed by atoms with Crippen LogP contribution >= 0.6 is 0 Å². The summed E-state index contributed by atoms with van der Waals surface area (Å²) in [5.74, 6) is -0.225. The van der Waals surface area contributed by atoms with Gasteiger partial charge in [-0.05, 0) is 80.8 Å². The maximum absolute atomic E-state index is 13.7. The van der Waals surface area contributed by atoms with Crippen LogP contribution in [-0.2, 0) is 15.4 Å². The zero-order valence-electron chi connectivity index (χ0n) is 25.0. The van der Waals surface area contributed by atoms with E-state index in [4.69, 9.17) is 10.7 Å². The lowest BCUT2D eigenvalue weighted by atomic mass is 9.90. The summed E-state index contributed by atoms with van der Waals surface area (Å²) in [6.45, 7) is 11.1. The number of nitrogens with two attached hydrogens (primary N) is 1. The average Bonchev–Trinajstić information content (AvgIpc) is 3.50. The molecule has 1 aliphatic carbocycles. The third-order valence-corrected chi connectivity index (χ3v) is 10.2. The molecule has 2 amide bonds. The van der Waals surface area contributed by atoms with Crippen LogP contribution in [-0.4, -0.2) is 47.3 Å². The summed E-state index contributed by atoms with van der Waals surface area (Å²) in [5, 5.41) is 3.06. The van der Waals surface area contributed by atoms with Gasteiger partial charge >= 0.3 is 0 Å². The van der Waals surface area contributed by atoms with E-state index in [1.807, 2.05) is 0 Å². The summed E-state index contributed by atoms with van der Waals surface area (Å²) in [6, 6.07) is 10.9. The molecule has 1 saturated carbocycles. The number of pyridine rings is 3. The van der Waals surface area contributed by atoms with Crippen LogP contribution in [0.2, 0.25) is 0 Å². The van der Waals surface area contributed by atoms with Crippen LogP contribution < -0.4 is 20.7 Å². The molecule has 3 aromatic heterocycles. The number of hydrogen-bond acceptors (Lipinski definition) is 9. The van der Waals surface area contributed by atoms with E-state index in [9.17, 15) is 18.0 Å². The Morgan fingerprint density at radius 2 is 1.88 bits per heavy atom. The highest BCUT2D eigenvalue weighted by Gasteiger charge is 2.63. The van der Waals surface area contributed by atoms with E-state index in [1.54, 1.807) is 42.6 Å². The van der Waals surface area contributed by atoms with Crippen molar-refractivity contribution >= 4 is 33.5 Å². The van der Waals surface area contributed by atoms with Crippen molar-refractivity contribution in [1.29, 1.82) is 0 Å². The van der Waals surface area contributed by atoms with Crippen molar-refractivity contribution in [3.63, 3.8) is 0 Å². The van der Waals surface area contributed by atoms with E-state index < -0.39 is 21.8 Å². The Hall–Kier alpha value is -4.06. The number of aromatic nitrogens is 3. The molecule has 2 aliphatic heterocycles. The number of anilines is 2. The number of carbonyl (C=O) groups excluding carboxylic acids is 2. The smallest absolute Gasteiger partial charge is 0.281 e. The van der Waals surface area contributed by atoms with Gasteiger partial charge in [-0.15, -0.1) is 0 Å². The van der Waals surface area contributed by atoms with Gasteiger partial charge < -0.3 is 16.0 Å². The SMILES string of the molecule is CC(C)(C)c1ccc2c(n1)N1CC3(CC3CC(c3cc(C(N)=O)ccn3)Nc3cccc(n3)S(=O)(=O)NC2=O)CC1(C)C. The number of hydrogen-bond donors (Lipinski definition) is 3. The van der Waals surface area contributed by atoms with E-state index in [0.717, 1.165) is 18.5 Å². The topological polar surface area (TPSA) is 160 Å². The van der Waals surface area contributed by atoms with E-state index in [0.29, 0.717) is 41.8 Å². The monoisotopic (exact) mass is 603 g/mol. The number of rotatable bonds is 2. The van der Waals surface area contributed by atoms with E-state index in [2.05, 4.69) is 59.5 Å². The first-order chi connectivity index (χ1) is 20.1. The molecule has 5 heterocycles. The van der Waals surface area contributed by atoms with E-state index in [1.165, 1.54) is 6.07 Å². The predicted octanol–water partition coefficient (Wildman–Crippen LogP) is 3.94. The van der Waals surface area contributed by atoms with Gasteiger partial charge in [0, 0.05) is 35.0 Å². The Bertz CT molecular complexity index is 1750. The molecular weight excluding hydrogens is 566 g/mol. The van der Waals surface area contributed by atoms with Gasteiger partial charge in [0.2, 0.25) is 5.91 Å². The van der Waals surface area contributed by atoms with Gasteiger partial charge in [0.15, 0.2) is 5.03 Å². The van der Waals surface area contributed by atoms with Crippen molar-refractivity contribution in [3.05, 3.63) is 71.2 Å². The number of sulfonamides is 1. The molecule has 3 atom stereocenters. The van der Waals surface area contributed by atoms with Crippen molar-refractivity contribution in [1.82, 2.24) is 19.7 Å². The summed E-state index contributed by atoms with van der Waals surface area (Å²) in [5.41, 5.74) is 6.87. The molecule has 2 fully saturated rings. The van der Waals surface area contributed by atoms with Crippen LogP contribution in [0.15, 0.2) is 53.7 Å². The number of fused-ring (bicyclic) bond motifs is 5. The normalized spacial score (nSPS) is 25.7. The largest absolute Gasteiger partial charge is 0.366 e. The van der Waals surface area contributed by atoms with Gasteiger partial charge in [0.05, 0.1) is 17.3 Å². The maximum atomic E-state index is 13.7. The highest BCUT2D eigenvalue weighted by molar-refractivity contribution is 7.90. The molecule has 1 spiro atoms. The van der Waals surface area contributed by atoms with Gasteiger partial charge in [-0.1, -0.05) is 26.8 Å². The second-order valence-corrected chi connectivity index (χ2v) is 15.3. The van der Waals surface area contributed by atoms with Crippen molar-refractivity contribution in [3.8, 4) is 0 Å². The van der Waals surface area contributed by atoms with Crippen LogP contribution in [0.25, 0.3) is 0 Å². The van der Waals surface area contributed by atoms with Gasteiger partial charge in [0.1, 0.15) is 11.6 Å². The third-order valence-electron chi connectivity index (χ3n) is 8.98. The summed E-state index contributed by atoms with van der Waals surface area (Å²) in [4.78, 5) is 41.7. The standard InChI is InChI=1S/C31H37N7O4S/c1-29(2,3)23-10-9-20-27(35-23)38-17-31(16-30(38,4)5)15-19(31)14-22(21-13-18(26(32)39)11-12-33-21)34-24-7-6-8-25(36-24)43(41,42)37-28(20)40/h6-13,19,22H,14-17H2,1-5H3,(H2,32,39)(H,34,36)(H,37,40). The Morgan fingerprint density at radius 1 is 1.12 bits per heavy atom. The van der Waals surface area contributed by atoms with Crippen molar-refractivity contribution in [2.24, 2.45) is 17.1 Å².